The summed E-state index contributed by atoms with van der Waals surface area (Å²) in [6.45, 7) is 6.74. The summed E-state index contributed by atoms with van der Waals surface area (Å²) in [5.74, 6) is -1.72. The fourth-order valence-corrected chi connectivity index (χ4v) is 8.86. The van der Waals surface area contributed by atoms with E-state index < -0.39 is 57.1 Å². The van der Waals surface area contributed by atoms with Crippen molar-refractivity contribution in [3.05, 3.63) is 23.3 Å². The standard InChI is InChI=1S/C26H36O9S/c1-6-15-11-24(3)16(10-19(15)27)7-8-17-18-9-14(2)26(31,21(28)13-34-23(29)30)25(18,4)12-20(22(17)24)35-36(5,32)33/h10-11,14,17-18,20,22,31H,6-9,12-13H2,1-5H3,(H,29,30)/t14-,17-,18-,20+,22+,24-,25-,26-/m0/s1. The third-order valence-corrected chi connectivity index (χ3v) is 10.3. The smallest absolute Gasteiger partial charge is 0.450 e. The maximum atomic E-state index is 13.2. The molecule has 3 fully saturated rings. The fraction of sp³-hybridized carbons (Fsp3) is 0.731. The number of ketones is 2. The summed E-state index contributed by atoms with van der Waals surface area (Å²) in [5, 5.41) is 20.8. The van der Waals surface area contributed by atoms with Crippen molar-refractivity contribution in [2.24, 2.45) is 34.5 Å². The van der Waals surface area contributed by atoms with Crippen molar-refractivity contribution in [1.82, 2.24) is 0 Å². The van der Waals surface area contributed by atoms with E-state index in [1.54, 1.807) is 19.9 Å². The van der Waals surface area contributed by atoms with Crippen molar-refractivity contribution in [3.63, 3.8) is 0 Å². The van der Waals surface area contributed by atoms with Gasteiger partial charge < -0.3 is 14.9 Å². The molecule has 0 bridgehead atoms. The molecular weight excluding hydrogens is 488 g/mol. The molecule has 0 heterocycles. The second-order valence-electron chi connectivity index (χ2n) is 11.5. The van der Waals surface area contributed by atoms with Crippen molar-refractivity contribution in [2.45, 2.75) is 71.5 Å². The van der Waals surface area contributed by atoms with Gasteiger partial charge in [-0.3, -0.25) is 13.8 Å². The van der Waals surface area contributed by atoms with Crippen LogP contribution in [-0.2, 0) is 28.6 Å². The molecule has 0 saturated heterocycles. The topological polar surface area (TPSA) is 144 Å². The van der Waals surface area contributed by atoms with E-state index in [4.69, 9.17) is 9.29 Å². The summed E-state index contributed by atoms with van der Waals surface area (Å²) in [5.41, 5.74) is -1.91. The number of carboxylic acid groups (broad SMARTS) is 1. The number of fused-ring (bicyclic) bond motifs is 5. The van der Waals surface area contributed by atoms with Crippen molar-refractivity contribution >= 4 is 27.8 Å². The molecule has 4 aliphatic rings. The van der Waals surface area contributed by atoms with E-state index in [-0.39, 0.29) is 30.0 Å². The molecule has 0 amide bonds. The summed E-state index contributed by atoms with van der Waals surface area (Å²) >= 11 is 0. The predicted octanol–water partition coefficient (Wildman–Crippen LogP) is 3.27. The normalized spacial score (nSPS) is 41.9. The Morgan fingerprint density at radius 1 is 1.25 bits per heavy atom. The zero-order valence-electron chi connectivity index (χ0n) is 21.4. The van der Waals surface area contributed by atoms with Crippen LogP contribution < -0.4 is 0 Å². The van der Waals surface area contributed by atoms with Crippen LogP contribution in [0.3, 0.4) is 0 Å². The number of carbonyl (C=O) groups is 3. The first-order chi connectivity index (χ1) is 16.6. The van der Waals surface area contributed by atoms with Crippen LogP contribution in [0, 0.1) is 34.5 Å². The molecule has 0 radical (unpaired) electrons. The van der Waals surface area contributed by atoms with Gasteiger partial charge in [-0.25, -0.2) is 4.79 Å². The van der Waals surface area contributed by atoms with Crippen LogP contribution in [0.25, 0.3) is 0 Å². The van der Waals surface area contributed by atoms with Crippen LogP contribution in [0.1, 0.15) is 59.8 Å². The number of hydrogen-bond donors (Lipinski definition) is 2. The Hall–Kier alpha value is -2.04. The molecular formula is C26H36O9S. The van der Waals surface area contributed by atoms with E-state index in [0.29, 0.717) is 31.3 Å². The Bertz CT molecular complexity index is 1150. The molecule has 10 heteroatoms. The third-order valence-electron chi connectivity index (χ3n) is 9.67. The van der Waals surface area contributed by atoms with Gasteiger partial charge in [0.25, 0.3) is 10.1 Å². The molecule has 0 aromatic heterocycles. The van der Waals surface area contributed by atoms with E-state index in [9.17, 15) is 27.9 Å². The highest BCUT2D eigenvalue weighted by Gasteiger charge is 2.71. The zero-order valence-corrected chi connectivity index (χ0v) is 22.3. The maximum absolute atomic E-state index is 13.2. The molecule has 9 nitrogen and oxygen atoms in total. The molecule has 4 rings (SSSR count). The molecule has 0 spiro atoms. The Labute approximate surface area is 212 Å². The zero-order chi connectivity index (χ0) is 26.8. The Morgan fingerprint density at radius 2 is 1.92 bits per heavy atom. The van der Waals surface area contributed by atoms with Gasteiger partial charge in [0.15, 0.2) is 12.4 Å². The van der Waals surface area contributed by atoms with Crippen molar-refractivity contribution < 1.29 is 41.9 Å². The summed E-state index contributed by atoms with van der Waals surface area (Å²) in [7, 11) is -3.89. The Morgan fingerprint density at radius 3 is 2.50 bits per heavy atom. The lowest BCUT2D eigenvalue weighted by Gasteiger charge is -2.60. The summed E-state index contributed by atoms with van der Waals surface area (Å²) in [6, 6.07) is 0. The van der Waals surface area contributed by atoms with Gasteiger partial charge in [0.05, 0.1) is 12.4 Å². The number of Topliss-reactive ketones (excluding diaryl/α,β-unsaturated/α-hetero) is 1. The van der Waals surface area contributed by atoms with Gasteiger partial charge in [0, 0.05) is 16.7 Å². The van der Waals surface area contributed by atoms with Gasteiger partial charge in [-0.05, 0) is 61.5 Å². The number of allylic oxidation sites excluding steroid dienone is 4. The molecule has 0 aromatic rings. The Balaban J connectivity index is 1.83. The first-order valence-electron chi connectivity index (χ1n) is 12.5. The summed E-state index contributed by atoms with van der Waals surface area (Å²) in [6.07, 6.45) is 4.72. The van der Waals surface area contributed by atoms with Crippen LogP contribution in [-0.4, -0.2) is 60.9 Å². The van der Waals surface area contributed by atoms with Gasteiger partial charge in [-0.15, -0.1) is 0 Å². The van der Waals surface area contributed by atoms with Crippen LogP contribution in [0.5, 0.6) is 0 Å². The minimum atomic E-state index is -3.89. The fourth-order valence-electron chi connectivity index (χ4n) is 8.23. The van der Waals surface area contributed by atoms with Gasteiger partial charge in [-0.1, -0.05) is 39.3 Å². The summed E-state index contributed by atoms with van der Waals surface area (Å²) in [4.78, 5) is 36.8. The third kappa shape index (κ3) is 3.96. The number of hydrogen-bond acceptors (Lipinski definition) is 8. The van der Waals surface area contributed by atoms with E-state index in [0.717, 1.165) is 11.8 Å². The lowest BCUT2D eigenvalue weighted by atomic mass is 9.46. The highest BCUT2D eigenvalue weighted by molar-refractivity contribution is 7.86. The number of aliphatic hydroxyl groups is 1. The van der Waals surface area contributed by atoms with E-state index in [1.165, 1.54) is 0 Å². The first kappa shape index (κ1) is 27.0. The van der Waals surface area contributed by atoms with E-state index in [1.807, 2.05) is 19.9 Å². The highest BCUT2D eigenvalue weighted by atomic mass is 32.2. The van der Waals surface area contributed by atoms with Crippen LogP contribution in [0.4, 0.5) is 4.79 Å². The van der Waals surface area contributed by atoms with Crippen molar-refractivity contribution in [1.29, 1.82) is 0 Å². The molecule has 2 N–H and O–H groups in total. The number of rotatable bonds is 6. The molecule has 200 valence electrons. The molecule has 8 atom stereocenters. The van der Waals surface area contributed by atoms with Gasteiger partial charge in [-0.2, -0.15) is 8.42 Å². The molecule has 0 unspecified atom stereocenters. The molecule has 0 aliphatic heterocycles. The monoisotopic (exact) mass is 524 g/mol. The first-order valence-corrected chi connectivity index (χ1v) is 14.4. The minimum Gasteiger partial charge on any atom is -0.450 e. The molecule has 3 saturated carbocycles. The maximum Gasteiger partial charge on any atom is 0.506 e. The average molecular weight is 525 g/mol. The summed E-state index contributed by atoms with van der Waals surface area (Å²) < 4.78 is 35.1. The largest absolute Gasteiger partial charge is 0.506 e. The quantitative estimate of drug-likeness (QED) is 0.395. The highest BCUT2D eigenvalue weighted by Crippen LogP contribution is 2.69. The Kier molecular flexibility index (Phi) is 6.58. The minimum absolute atomic E-state index is 0.0162. The second kappa shape index (κ2) is 8.77. The van der Waals surface area contributed by atoms with Crippen LogP contribution >= 0.6 is 0 Å². The van der Waals surface area contributed by atoms with Gasteiger partial charge in [0.1, 0.15) is 5.60 Å². The van der Waals surface area contributed by atoms with Gasteiger partial charge >= 0.3 is 6.16 Å². The van der Waals surface area contributed by atoms with Gasteiger partial charge in [0.2, 0.25) is 5.78 Å². The molecule has 36 heavy (non-hydrogen) atoms. The molecule has 0 aromatic carbocycles. The van der Waals surface area contributed by atoms with E-state index in [2.05, 4.69) is 4.74 Å². The van der Waals surface area contributed by atoms with Crippen molar-refractivity contribution in [2.75, 3.05) is 12.9 Å². The van der Waals surface area contributed by atoms with E-state index >= 15 is 0 Å². The van der Waals surface area contributed by atoms with Crippen LogP contribution in [0.15, 0.2) is 23.3 Å². The lowest BCUT2D eigenvalue weighted by molar-refractivity contribution is -0.180. The predicted molar refractivity (Wildman–Crippen MR) is 129 cm³/mol. The number of ether oxygens (including phenoxy) is 1. The van der Waals surface area contributed by atoms with Crippen molar-refractivity contribution in [3.8, 4) is 0 Å². The van der Waals surface area contributed by atoms with Crippen LogP contribution in [0.2, 0.25) is 0 Å². The SMILES string of the molecule is CCC1=C[C@@]2(C)C(=CC1=O)CC[C@@H]1[C@@H]2[C@H](OS(C)(=O)=O)C[C@@]2(C)[C@H]1C[C@H](C)[C@]2(O)C(=O)COC(=O)O. The average Bonchev–Trinajstić information content (AvgIpc) is 2.97. The molecule has 4 aliphatic carbocycles. The lowest BCUT2D eigenvalue weighted by Crippen LogP contribution is -2.63. The number of carbonyl (C=O) groups excluding carboxylic acids is 2. The second-order valence-corrected chi connectivity index (χ2v) is 13.1.